The lowest BCUT2D eigenvalue weighted by molar-refractivity contribution is 0.0964. The molecule has 0 aliphatic carbocycles. The van der Waals surface area contributed by atoms with Crippen molar-refractivity contribution in [3.63, 3.8) is 0 Å². The molecule has 6 aromatic rings. The normalized spacial score (nSPS) is 10.4. The third-order valence-corrected chi connectivity index (χ3v) is 8.89. The van der Waals surface area contributed by atoms with Gasteiger partial charge in [-0.3, -0.25) is 19.2 Å². The Morgan fingerprint density at radius 1 is 0.321 bits per heavy atom. The average Bonchev–Trinajstić information content (AvgIpc) is 3.26. The quantitative estimate of drug-likeness (QED) is 0.124. The van der Waals surface area contributed by atoms with E-state index in [9.17, 15) is 19.2 Å². The van der Waals surface area contributed by atoms with Crippen molar-refractivity contribution in [1.82, 2.24) is 9.97 Å². The zero-order valence-corrected chi connectivity index (χ0v) is 32.2. The minimum Gasteiger partial charge on any atom is -0.307 e. The van der Waals surface area contributed by atoms with Gasteiger partial charge in [-0.1, -0.05) is 84.9 Å². The van der Waals surface area contributed by atoms with Crippen LogP contribution in [-0.4, -0.2) is 59.8 Å². The topological polar surface area (TPSA) is 107 Å². The number of nitrogens with zero attached hydrogens (tertiary/aromatic N) is 6. The summed E-state index contributed by atoms with van der Waals surface area (Å²) in [5.74, 6) is -0.922. The van der Waals surface area contributed by atoms with E-state index in [-0.39, 0.29) is 46.4 Å². The van der Waals surface area contributed by atoms with Crippen molar-refractivity contribution >= 4 is 46.4 Å². The van der Waals surface area contributed by atoms with Gasteiger partial charge in [0, 0.05) is 48.9 Å². The molecule has 10 heteroatoms. The number of carbonyl (C=O) groups is 4. The molecule has 0 fully saturated rings. The third-order valence-electron chi connectivity index (χ3n) is 8.89. The molecule has 0 N–H and O–H groups in total. The maximum absolute atomic E-state index is 13.0. The number of anilines is 4. The van der Waals surface area contributed by atoms with Crippen molar-refractivity contribution in [3.05, 3.63) is 181 Å². The predicted molar refractivity (Wildman–Crippen MR) is 224 cm³/mol. The van der Waals surface area contributed by atoms with Crippen LogP contribution in [0.3, 0.4) is 0 Å². The first-order chi connectivity index (χ1) is 27.3. The number of benzene rings is 4. The predicted octanol–water partition coefficient (Wildman–Crippen LogP) is 8.83. The van der Waals surface area contributed by atoms with E-state index in [2.05, 4.69) is 9.97 Å². The Kier molecular flexibility index (Phi) is 14.3. The molecule has 4 aromatic carbocycles. The van der Waals surface area contributed by atoms with Crippen LogP contribution in [-0.2, 0) is 0 Å². The molecule has 2 heterocycles. The Balaban J connectivity index is 0.000000214. The van der Waals surface area contributed by atoms with Gasteiger partial charge in [0.05, 0.1) is 0 Å². The van der Waals surface area contributed by atoms with Crippen LogP contribution >= 0.6 is 0 Å². The standard InChI is InChI=1S/2C23H23N3O2/c2*1-3-25(18-12-7-5-8-13-18)22(27)20-16-11-17-21(24-20)23(28)26(4-2)19-14-9-6-10-15-19/h2*5-17H,3-4H2,1-2H3. The van der Waals surface area contributed by atoms with Crippen LogP contribution < -0.4 is 19.6 Å². The van der Waals surface area contributed by atoms with Crippen LogP contribution in [0.4, 0.5) is 22.7 Å². The van der Waals surface area contributed by atoms with Gasteiger partial charge < -0.3 is 19.6 Å². The van der Waals surface area contributed by atoms with Crippen molar-refractivity contribution in [2.45, 2.75) is 27.7 Å². The van der Waals surface area contributed by atoms with E-state index in [1.54, 1.807) is 56.0 Å². The Morgan fingerprint density at radius 2 is 0.518 bits per heavy atom. The largest absolute Gasteiger partial charge is 0.307 e. The molecular weight excluding hydrogens is 701 g/mol. The first kappa shape index (κ1) is 40.2. The molecule has 0 saturated carbocycles. The van der Waals surface area contributed by atoms with Crippen molar-refractivity contribution in [3.8, 4) is 0 Å². The van der Waals surface area contributed by atoms with E-state index in [4.69, 9.17) is 0 Å². The zero-order chi connectivity index (χ0) is 39.9. The van der Waals surface area contributed by atoms with E-state index >= 15 is 0 Å². The van der Waals surface area contributed by atoms with E-state index in [0.717, 1.165) is 22.7 Å². The van der Waals surface area contributed by atoms with Gasteiger partial charge in [0.25, 0.3) is 23.6 Å². The third kappa shape index (κ3) is 9.78. The molecule has 0 aliphatic heterocycles. The summed E-state index contributed by atoms with van der Waals surface area (Å²) < 4.78 is 0. The fourth-order valence-corrected chi connectivity index (χ4v) is 6.10. The number of carbonyl (C=O) groups excluding carboxylic acids is 4. The highest BCUT2D eigenvalue weighted by molar-refractivity contribution is 6.09. The van der Waals surface area contributed by atoms with Gasteiger partial charge in [-0.05, 0) is 100 Å². The lowest BCUT2D eigenvalue weighted by Crippen LogP contribution is -2.33. The fourth-order valence-electron chi connectivity index (χ4n) is 6.10. The maximum Gasteiger partial charge on any atom is 0.276 e. The highest BCUT2D eigenvalue weighted by atomic mass is 16.2. The summed E-state index contributed by atoms with van der Waals surface area (Å²) in [5.41, 5.74) is 4.20. The molecule has 0 spiro atoms. The summed E-state index contributed by atoms with van der Waals surface area (Å²) in [6.07, 6.45) is 0. The van der Waals surface area contributed by atoms with Crippen molar-refractivity contribution in [2.75, 3.05) is 45.8 Å². The summed E-state index contributed by atoms with van der Waals surface area (Å²) >= 11 is 0. The van der Waals surface area contributed by atoms with Gasteiger partial charge in [-0.2, -0.15) is 0 Å². The first-order valence-electron chi connectivity index (χ1n) is 18.7. The molecule has 6 rings (SSSR count). The molecule has 0 radical (unpaired) electrons. The van der Waals surface area contributed by atoms with Gasteiger partial charge in [-0.25, -0.2) is 9.97 Å². The second kappa shape index (κ2) is 19.9. The number of para-hydroxylation sites is 4. The molecule has 0 aliphatic rings. The van der Waals surface area contributed by atoms with E-state index < -0.39 is 0 Å². The van der Waals surface area contributed by atoms with Gasteiger partial charge >= 0.3 is 0 Å². The SMILES string of the molecule is CCN(C(=O)c1cccc(C(=O)N(CC)c2ccccc2)n1)c1ccccc1.CCN(C(=O)c1cccc(C(=O)N(CC)c2ccccc2)n1)c1ccccc1. The van der Waals surface area contributed by atoms with Gasteiger partial charge in [0.2, 0.25) is 0 Å². The number of rotatable bonds is 12. The van der Waals surface area contributed by atoms with Gasteiger partial charge in [-0.15, -0.1) is 0 Å². The number of amides is 4. The van der Waals surface area contributed by atoms with Crippen LogP contribution in [0.2, 0.25) is 0 Å². The molecular formula is C46H46N6O4. The highest BCUT2D eigenvalue weighted by Gasteiger charge is 2.23. The summed E-state index contributed by atoms with van der Waals surface area (Å²) in [6.45, 7) is 9.67. The lowest BCUT2D eigenvalue weighted by Gasteiger charge is -2.22. The summed E-state index contributed by atoms with van der Waals surface area (Å²) in [7, 11) is 0. The van der Waals surface area contributed by atoms with Crippen LogP contribution in [0, 0.1) is 0 Å². The van der Waals surface area contributed by atoms with Crippen molar-refractivity contribution in [1.29, 1.82) is 0 Å². The van der Waals surface area contributed by atoms with E-state index in [0.29, 0.717) is 26.2 Å². The summed E-state index contributed by atoms with van der Waals surface area (Å²) in [4.78, 5) is 67.3. The Hall–Kier alpha value is -6.94. The Morgan fingerprint density at radius 3 is 0.696 bits per heavy atom. The smallest absolute Gasteiger partial charge is 0.276 e. The van der Waals surface area contributed by atoms with E-state index in [1.807, 2.05) is 149 Å². The molecule has 0 atom stereocenters. The van der Waals surface area contributed by atoms with Gasteiger partial charge in [0.15, 0.2) is 0 Å². The molecule has 284 valence electrons. The molecule has 0 saturated heterocycles. The minimum atomic E-state index is -0.230. The number of aromatic nitrogens is 2. The highest BCUT2D eigenvalue weighted by Crippen LogP contribution is 2.20. The van der Waals surface area contributed by atoms with Gasteiger partial charge in [0.1, 0.15) is 22.8 Å². The number of hydrogen-bond donors (Lipinski definition) is 0. The van der Waals surface area contributed by atoms with Crippen molar-refractivity contribution in [2.24, 2.45) is 0 Å². The molecule has 0 unspecified atom stereocenters. The second-order valence-electron chi connectivity index (χ2n) is 12.4. The lowest BCUT2D eigenvalue weighted by atomic mass is 10.2. The number of hydrogen-bond acceptors (Lipinski definition) is 6. The molecule has 0 bridgehead atoms. The number of pyridine rings is 2. The fraction of sp³-hybridized carbons (Fsp3) is 0.174. The Labute approximate surface area is 328 Å². The molecule has 10 nitrogen and oxygen atoms in total. The van der Waals surface area contributed by atoms with Crippen LogP contribution in [0.15, 0.2) is 158 Å². The summed E-state index contributed by atoms with van der Waals surface area (Å²) in [5, 5.41) is 0. The van der Waals surface area contributed by atoms with Crippen molar-refractivity contribution < 1.29 is 19.2 Å². The van der Waals surface area contributed by atoms with Crippen LogP contribution in [0.5, 0.6) is 0 Å². The Bertz CT molecular complexity index is 1890. The average molecular weight is 747 g/mol. The molecule has 56 heavy (non-hydrogen) atoms. The second-order valence-corrected chi connectivity index (χ2v) is 12.4. The van der Waals surface area contributed by atoms with E-state index in [1.165, 1.54) is 0 Å². The monoisotopic (exact) mass is 746 g/mol. The minimum absolute atomic E-state index is 0.230. The molecule has 4 amide bonds. The summed E-state index contributed by atoms with van der Waals surface area (Å²) in [6, 6.07) is 47.7. The maximum atomic E-state index is 13.0. The van der Waals surface area contributed by atoms with Crippen LogP contribution in [0.1, 0.15) is 69.6 Å². The zero-order valence-electron chi connectivity index (χ0n) is 32.2. The first-order valence-corrected chi connectivity index (χ1v) is 18.7. The molecule has 2 aromatic heterocycles. The van der Waals surface area contributed by atoms with Crippen LogP contribution in [0.25, 0.3) is 0 Å².